The summed E-state index contributed by atoms with van der Waals surface area (Å²) in [6.45, 7) is 9.96. The molecule has 4 aliphatic rings. The first-order valence-electron chi connectivity index (χ1n) is 10.4. The molecule has 0 amide bonds. The van der Waals surface area contributed by atoms with Crippen molar-refractivity contribution in [3.63, 3.8) is 0 Å². The molecule has 4 saturated carbocycles. The van der Waals surface area contributed by atoms with E-state index in [0.29, 0.717) is 0 Å². The lowest BCUT2D eigenvalue weighted by molar-refractivity contribution is -0.119. The van der Waals surface area contributed by atoms with Crippen molar-refractivity contribution in [2.24, 2.45) is 40.4 Å². The third-order valence-corrected chi connectivity index (χ3v) is 9.39. The van der Waals surface area contributed by atoms with Crippen LogP contribution in [-0.4, -0.2) is 6.79 Å². The third kappa shape index (κ3) is 2.52. The molecule has 23 heavy (non-hydrogen) atoms. The van der Waals surface area contributed by atoms with Gasteiger partial charge in [0.15, 0.2) is 0 Å². The van der Waals surface area contributed by atoms with Crippen LogP contribution in [0, 0.1) is 40.4 Å². The van der Waals surface area contributed by atoms with Crippen molar-refractivity contribution in [2.45, 2.75) is 91.4 Å². The minimum atomic E-state index is 0.721. The van der Waals surface area contributed by atoms with E-state index in [9.17, 15) is 0 Å². The van der Waals surface area contributed by atoms with Crippen LogP contribution in [0.2, 0.25) is 0 Å². The van der Waals surface area contributed by atoms with Gasteiger partial charge >= 0.3 is 0 Å². The van der Waals surface area contributed by atoms with Gasteiger partial charge in [0, 0.05) is 0 Å². The van der Waals surface area contributed by atoms with Gasteiger partial charge in [-0.2, -0.15) is 0 Å². The van der Waals surface area contributed by atoms with Crippen LogP contribution in [0.1, 0.15) is 91.4 Å². The molecule has 1 heteroatoms. The van der Waals surface area contributed by atoms with E-state index >= 15 is 0 Å². The van der Waals surface area contributed by atoms with Crippen molar-refractivity contribution in [1.82, 2.24) is 0 Å². The first-order chi connectivity index (χ1) is 11.1. The lowest BCUT2D eigenvalue weighted by atomic mass is 9.44. The van der Waals surface area contributed by atoms with Crippen molar-refractivity contribution in [3.8, 4) is 0 Å². The maximum Gasteiger partial charge on any atom is 0.106 e. The summed E-state index contributed by atoms with van der Waals surface area (Å²) in [7, 11) is 0. The quantitative estimate of drug-likeness (QED) is 0.515. The summed E-state index contributed by atoms with van der Waals surface area (Å²) in [6.07, 6.45) is 17.0. The zero-order valence-electron chi connectivity index (χ0n) is 15.8. The summed E-state index contributed by atoms with van der Waals surface area (Å²) in [5.41, 5.74) is 1.47. The molecule has 0 N–H and O–H groups in total. The normalized spacial score (nSPS) is 52.2. The Morgan fingerprint density at radius 1 is 0.826 bits per heavy atom. The van der Waals surface area contributed by atoms with Gasteiger partial charge in [0.25, 0.3) is 0 Å². The molecule has 0 aromatic carbocycles. The SMILES string of the molecule is C=O.CC1CCCC12CCC1C(CCC3CCCCC31C)C2C. The predicted molar refractivity (Wildman–Crippen MR) is 97.2 cm³/mol. The Bertz CT molecular complexity index is 418. The number of carbonyl (C=O) groups excluding carboxylic acids is 1. The van der Waals surface area contributed by atoms with Crippen LogP contribution in [0.25, 0.3) is 0 Å². The molecule has 0 heterocycles. The van der Waals surface area contributed by atoms with Crippen LogP contribution >= 0.6 is 0 Å². The highest BCUT2D eigenvalue weighted by Gasteiger charge is 2.57. The zero-order valence-corrected chi connectivity index (χ0v) is 15.8. The van der Waals surface area contributed by atoms with Crippen LogP contribution in [-0.2, 0) is 4.79 Å². The van der Waals surface area contributed by atoms with E-state index in [1.807, 2.05) is 6.79 Å². The smallest absolute Gasteiger partial charge is 0.106 e. The van der Waals surface area contributed by atoms with E-state index in [-0.39, 0.29) is 0 Å². The summed E-state index contributed by atoms with van der Waals surface area (Å²) in [6, 6.07) is 0. The average Bonchev–Trinajstić information content (AvgIpc) is 2.94. The Kier molecular flexibility index (Phi) is 4.96. The highest BCUT2D eigenvalue weighted by molar-refractivity contribution is 5.11. The van der Waals surface area contributed by atoms with Crippen molar-refractivity contribution < 1.29 is 4.79 Å². The van der Waals surface area contributed by atoms with Gasteiger partial charge in [0.1, 0.15) is 6.79 Å². The lowest BCUT2D eigenvalue weighted by Gasteiger charge is -2.61. The molecular formula is C22H38O. The molecule has 4 fully saturated rings. The molecule has 0 radical (unpaired) electrons. The molecule has 4 aliphatic carbocycles. The fraction of sp³-hybridized carbons (Fsp3) is 0.955. The molecule has 1 spiro atoms. The highest BCUT2D eigenvalue weighted by Crippen LogP contribution is 2.66. The van der Waals surface area contributed by atoms with Gasteiger partial charge in [-0.05, 0) is 85.4 Å². The molecule has 0 aromatic rings. The molecule has 0 aliphatic heterocycles. The standard InChI is InChI=1S/C21H36.CH2O/c1-15-7-6-13-21(15)14-11-19-18(16(21)2)10-9-17-8-4-5-12-20(17,19)3;1-2/h15-19H,4-14H2,1-3H3;1H2. The summed E-state index contributed by atoms with van der Waals surface area (Å²) >= 11 is 0. The number of carbonyl (C=O) groups is 1. The van der Waals surface area contributed by atoms with Crippen molar-refractivity contribution in [3.05, 3.63) is 0 Å². The van der Waals surface area contributed by atoms with Crippen molar-refractivity contribution in [1.29, 1.82) is 0 Å². The summed E-state index contributed by atoms with van der Waals surface area (Å²) in [5, 5.41) is 0. The van der Waals surface area contributed by atoms with Gasteiger partial charge < -0.3 is 4.79 Å². The summed E-state index contributed by atoms with van der Waals surface area (Å²) in [4.78, 5) is 8.00. The second kappa shape index (κ2) is 6.52. The fourth-order valence-corrected chi connectivity index (χ4v) is 8.02. The van der Waals surface area contributed by atoms with Crippen LogP contribution in [0.3, 0.4) is 0 Å². The van der Waals surface area contributed by atoms with Crippen LogP contribution in [0.4, 0.5) is 0 Å². The third-order valence-electron chi connectivity index (χ3n) is 9.39. The molecule has 0 saturated heterocycles. The van der Waals surface area contributed by atoms with Gasteiger partial charge in [-0.15, -0.1) is 0 Å². The number of rotatable bonds is 0. The zero-order chi connectivity index (χ0) is 16.7. The Labute approximate surface area is 144 Å². The van der Waals surface area contributed by atoms with E-state index < -0.39 is 0 Å². The van der Waals surface area contributed by atoms with Crippen LogP contribution in [0.5, 0.6) is 0 Å². The molecule has 7 atom stereocenters. The second-order valence-electron chi connectivity index (χ2n) is 9.65. The van der Waals surface area contributed by atoms with E-state index in [1.54, 1.807) is 44.9 Å². The fourth-order valence-electron chi connectivity index (χ4n) is 8.02. The Morgan fingerprint density at radius 3 is 2.30 bits per heavy atom. The summed E-state index contributed by atoms with van der Waals surface area (Å²) < 4.78 is 0. The maximum atomic E-state index is 8.00. The Hall–Kier alpha value is -0.330. The average molecular weight is 319 g/mol. The number of fused-ring (bicyclic) bond motifs is 3. The monoisotopic (exact) mass is 318 g/mol. The predicted octanol–water partition coefficient (Wildman–Crippen LogP) is 6.26. The molecule has 0 aromatic heterocycles. The van der Waals surface area contributed by atoms with E-state index in [2.05, 4.69) is 20.8 Å². The van der Waals surface area contributed by atoms with Crippen molar-refractivity contribution >= 4 is 6.79 Å². The molecule has 0 bridgehead atoms. The first kappa shape index (κ1) is 17.5. The Morgan fingerprint density at radius 2 is 1.61 bits per heavy atom. The van der Waals surface area contributed by atoms with Gasteiger partial charge in [-0.1, -0.05) is 46.5 Å². The lowest BCUT2D eigenvalue weighted by Crippen LogP contribution is -2.53. The largest absolute Gasteiger partial charge is 0.307 e. The Balaban J connectivity index is 0.000000753. The molecular weight excluding hydrogens is 280 g/mol. The molecule has 1 nitrogen and oxygen atoms in total. The minimum Gasteiger partial charge on any atom is -0.307 e. The number of hydrogen-bond acceptors (Lipinski definition) is 1. The highest BCUT2D eigenvalue weighted by atomic mass is 16.1. The molecule has 7 unspecified atom stereocenters. The van der Waals surface area contributed by atoms with E-state index in [0.717, 1.165) is 40.4 Å². The molecule has 132 valence electrons. The van der Waals surface area contributed by atoms with E-state index in [1.165, 1.54) is 25.7 Å². The minimum absolute atomic E-state index is 0.721. The molecule has 4 rings (SSSR count). The van der Waals surface area contributed by atoms with Gasteiger partial charge in [0.05, 0.1) is 0 Å². The van der Waals surface area contributed by atoms with Crippen molar-refractivity contribution in [2.75, 3.05) is 0 Å². The number of hydrogen-bond donors (Lipinski definition) is 0. The van der Waals surface area contributed by atoms with Crippen LogP contribution in [0.15, 0.2) is 0 Å². The topological polar surface area (TPSA) is 17.1 Å². The van der Waals surface area contributed by atoms with Crippen LogP contribution < -0.4 is 0 Å². The van der Waals surface area contributed by atoms with Gasteiger partial charge in [0.2, 0.25) is 0 Å². The second-order valence-corrected chi connectivity index (χ2v) is 9.65. The summed E-state index contributed by atoms with van der Waals surface area (Å²) in [5.74, 6) is 5.23. The maximum absolute atomic E-state index is 8.00. The van der Waals surface area contributed by atoms with Gasteiger partial charge in [-0.3, -0.25) is 0 Å². The first-order valence-corrected chi connectivity index (χ1v) is 10.4. The van der Waals surface area contributed by atoms with Gasteiger partial charge in [-0.25, -0.2) is 0 Å². The van der Waals surface area contributed by atoms with E-state index in [4.69, 9.17) is 4.79 Å².